The summed E-state index contributed by atoms with van der Waals surface area (Å²) in [6, 6.07) is 12.7. The second-order valence-electron chi connectivity index (χ2n) is 6.33. The Bertz CT molecular complexity index is 1290. The van der Waals surface area contributed by atoms with Crippen LogP contribution in [0.25, 0.3) is 33.5 Å². The number of fused-ring (bicyclic) bond motifs is 2. The van der Waals surface area contributed by atoms with Crippen molar-refractivity contribution in [1.29, 1.82) is 0 Å². The van der Waals surface area contributed by atoms with Gasteiger partial charge in [0.1, 0.15) is 17.2 Å². The van der Waals surface area contributed by atoms with Gasteiger partial charge in [-0.2, -0.15) is 4.98 Å². The highest BCUT2D eigenvalue weighted by Gasteiger charge is 2.20. The highest BCUT2D eigenvalue weighted by atomic mass is 19.1. The first kappa shape index (κ1) is 18.1. The molecule has 0 spiro atoms. The number of halogens is 1. The van der Waals surface area contributed by atoms with E-state index in [1.165, 1.54) is 16.7 Å². The van der Waals surface area contributed by atoms with Crippen molar-refractivity contribution in [1.82, 2.24) is 9.55 Å². The van der Waals surface area contributed by atoms with Gasteiger partial charge in [0, 0.05) is 20.3 Å². The zero-order chi connectivity index (χ0) is 19.7. The maximum absolute atomic E-state index is 14.4. The molecule has 2 aromatic carbocycles. The SMILES string of the molecule is COCCCn1c(-c2ccccc2F)nc2oc3ccccc3c(=O)c2c1=O. The van der Waals surface area contributed by atoms with Crippen LogP contribution in [-0.2, 0) is 11.3 Å². The number of hydrogen-bond acceptors (Lipinski definition) is 5. The standard InChI is InChI=1S/C21H17FN2O4/c1-27-12-6-11-24-19(13-7-2-4-9-15(13)22)23-20-17(21(24)26)18(25)14-8-3-5-10-16(14)28-20/h2-5,7-10H,6,11-12H2,1H3. The van der Waals surface area contributed by atoms with Crippen LogP contribution in [0.15, 0.2) is 62.5 Å². The Kier molecular flexibility index (Phi) is 4.75. The molecular formula is C21H17FN2O4. The van der Waals surface area contributed by atoms with Gasteiger partial charge in [-0.05, 0) is 30.7 Å². The fourth-order valence-electron chi connectivity index (χ4n) is 3.21. The first-order valence-corrected chi connectivity index (χ1v) is 8.82. The van der Waals surface area contributed by atoms with Crippen molar-refractivity contribution < 1.29 is 13.5 Å². The number of methoxy groups -OCH3 is 1. The lowest BCUT2D eigenvalue weighted by Gasteiger charge is -2.13. The Morgan fingerprint density at radius 3 is 2.64 bits per heavy atom. The fraction of sp³-hybridized carbons (Fsp3) is 0.190. The van der Waals surface area contributed by atoms with Gasteiger partial charge in [-0.1, -0.05) is 24.3 Å². The normalized spacial score (nSPS) is 11.4. The third kappa shape index (κ3) is 2.99. The predicted octanol–water partition coefficient (Wildman–Crippen LogP) is 3.35. The number of rotatable bonds is 5. The van der Waals surface area contributed by atoms with Crippen LogP contribution in [0, 0.1) is 5.82 Å². The molecule has 2 heterocycles. The maximum Gasteiger partial charge on any atom is 0.269 e. The molecule has 4 rings (SSSR count). The molecule has 0 fully saturated rings. The molecule has 142 valence electrons. The van der Waals surface area contributed by atoms with Crippen molar-refractivity contribution in [2.75, 3.05) is 13.7 Å². The lowest BCUT2D eigenvalue weighted by molar-refractivity contribution is 0.190. The molecule has 0 N–H and O–H groups in total. The quantitative estimate of drug-likeness (QED) is 0.392. The summed E-state index contributed by atoms with van der Waals surface area (Å²) < 4.78 is 26.5. The monoisotopic (exact) mass is 380 g/mol. The van der Waals surface area contributed by atoms with Gasteiger partial charge in [-0.25, -0.2) is 4.39 Å². The van der Waals surface area contributed by atoms with Crippen molar-refractivity contribution in [3.8, 4) is 11.4 Å². The average molecular weight is 380 g/mol. The van der Waals surface area contributed by atoms with E-state index in [4.69, 9.17) is 9.15 Å². The molecule has 4 aromatic rings. The minimum Gasteiger partial charge on any atom is -0.437 e. The molecule has 0 aliphatic rings. The van der Waals surface area contributed by atoms with E-state index in [1.54, 1.807) is 43.5 Å². The van der Waals surface area contributed by atoms with Crippen LogP contribution >= 0.6 is 0 Å². The van der Waals surface area contributed by atoms with E-state index in [9.17, 15) is 14.0 Å². The molecule has 2 aromatic heterocycles. The van der Waals surface area contributed by atoms with E-state index in [0.29, 0.717) is 24.0 Å². The molecule has 0 aliphatic heterocycles. The predicted molar refractivity (Wildman–Crippen MR) is 104 cm³/mol. The maximum atomic E-state index is 14.4. The van der Waals surface area contributed by atoms with Crippen LogP contribution in [0.2, 0.25) is 0 Å². The van der Waals surface area contributed by atoms with Crippen LogP contribution in [0.5, 0.6) is 0 Å². The summed E-state index contributed by atoms with van der Waals surface area (Å²) in [5.74, 6) is -0.400. The summed E-state index contributed by atoms with van der Waals surface area (Å²) in [4.78, 5) is 30.5. The average Bonchev–Trinajstić information content (AvgIpc) is 2.70. The van der Waals surface area contributed by atoms with Crippen molar-refractivity contribution >= 4 is 22.1 Å². The Balaban J connectivity index is 2.08. The molecule has 7 heteroatoms. The van der Waals surface area contributed by atoms with Gasteiger partial charge in [-0.15, -0.1) is 0 Å². The van der Waals surface area contributed by atoms with Crippen molar-refractivity contribution in [2.45, 2.75) is 13.0 Å². The summed E-state index contributed by atoms with van der Waals surface area (Å²) >= 11 is 0. The molecule has 0 saturated heterocycles. The third-order valence-corrected chi connectivity index (χ3v) is 4.55. The lowest BCUT2D eigenvalue weighted by Crippen LogP contribution is -2.28. The number of ether oxygens (including phenoxy) is 1. The molecule has 0 atom stereocenters. The molecule has 0 unspecified atom stereocenters. The van der Waals surface area contributed by atoms with Crippen LogP contribution in [-0.4, -0.2) is 23.3 Å². The van der Waals surface area contributed by atoms with Gasteiger partial charge < -0.3 is 9.15 Å². The van der Waals surface area contributed by atoms with Crippen molar-refractivity contribution in [3.05, 3.63) is 74.9 Å². The van der Waals surface area contributed by atoms with E-state index in [1.807, 2.05) is 0 Å². The number of benzene rings is 2. The molecule has 0 bridgehead atoms. The van der Waals surface area contributed by atoms with Crippen molar-refractivity contribution in [3.63, 3.8) is 0 Å². The summed E-state index contributed by atoms with van der Waals surface area (Å²) in [6.07, 6.45) is 0.504. The molecular weight excluding hydrogens is 363 g/mol. The van der Waals surface area contributed by atoms with Gasteiger partial charge in [0.2, 0.25) is 11.1 Å². The lowest BCUT2D eigenvalue weighted by atomic mass is 10.1. The zero-order valence-electron chi connectivity index (χ0n) is 15.1. The van der Waals surface area contributed by atoms with E-state index in [2.05, 4.69) is 4.98 Å². The highest BCUT2D eigenvalue weighted by Crippen LogP contribution is 2.23. The van der Waals surface area contributed by atoms with Gasteiger partial charge in [0.25, 0.3) is 5.56 Å². The van der Waals surface area contributed by atoms with Crippen molar-refractivity contribution in [2.24, 2.45) is 0 Å². The van der Waals surface area contributed by atoms with Crippen LogP contribution < -0.4 is 11.0 Å². The second-order valence-corrected chi connectivity index (χ2v) is 6.33. The zero-order valence-corrected chi connectivity index (χ0v) is 15.1. The summed E-state index contributed by atoms with van der Waals surface area (Å²) in [5.41, 5.74) is -0.623. The van der Waals surface area contributed by atoms with E-state index >= 15 is 0 Å². The number of nitrogens with zero attached hydrogens (tertiary/aromatic N) is 2. The topological polar surface area (TPSA) is 74.3 Å². The third-order valence-electron chi connectivity index (χ3n) is 4.55. The minimum atomic E-state index is -0.557. The van der Waals surface area contributed by atoms with Gasteiger partial charge in [0.05, 0.1) is 10.9 Å². The Morgan fingerprint density at radius 1 is 1.11 bits per heavy atom. The van der Waals surface area contributed by atoms with Gasteiger partial charge >= 0.3 is 0 Å². The van der Waals surface area contributed by atoms with Gasteiger partial charge in [0.15, 0.2) is 5.39 Å². The Morgan fingerprint density at radius 2 is 1.86 bits per heavy atom. The molecule has 0 saturated carbocycles. The van der Waals surface area contributed by atoms with Crippen LogP contribution in [0.1, 0.15) is 6.42 Å². The van der Waals surface area contributed by atoms with E-state index < -0.39 is 16.8 Å². The summed E-state index contributed by atoms with van der Waals surface area (Å²) in [7, 11) is 1.56. The molecule has 0 radical (unpaired) electrons. The first-order chi connectivity index (χ1) is 13.6. The summed E-state index contributed by atoms with van der Waals surface area (Å²) in [6.45, 7) is 0.638. The first-order valence-electron chi connectivity index (χ1n) is 8.82. The molecule has 6 nitrogen and oxygen atoms in total. The minimum absolute atomic E-state index is 0.102. The molecule has 0 amide bonds. The second kappa shape index (κ2) is 7.36. The smallest absolute Gasteiger partial charge is 0.269 e. The number of aromatic nitrogens is 2. The Hall–Kier alpha value is -3.32. The highest BCUT2D eigenvalue weighted by molar-refractivity contribution is 5.88. The number of hydrogen-bond donors (Lipinski definition) is 0. The van der Waals surface area contributed by atoms with Crippen LogP contribution in [0.3, 0.4) is 0 Å². The Labute approximate surface area is 158 Å². The molecule has 0 aliphatic carbocycles. The summed E-state index contributed by atoms with van der Waals surface area (Å²) in [5, 5.41) is 0.159. The largest absolute Gasteiger partial charge is 0.437 e. The number of para-hydroxylation sites is 1. The van der Waals surface area contributed by atoms with E-state index in [-0.39, 0.29) is 29.0 Å². The van der Waals surface area contributed by atoms with E-state index in [0.717, 1.165) is 0 Å². The van der Waals surface area contributed by atoms with Gasteiger partial charge in [-0.3, -0.25) is 14.2 Å². The fourth-order valence-corrected chi connectivity index (χ4v) is 3.21. The molecule has 28 heavy (non-hydrogen) atoms. The van der Waals surface area contributed by atoms with Crippen LogP contribution in [0.4, 0.5) is 4.39 Å².